The predicted molar refractivity (Wildman–Crippen MR) is 90.8 cm³/mol. The average Bonchev–Trinajstić information content (AvgIpc) is 2.88. The van der Waals surface area contributed by atoms with Crippen molar-refractivity contribution in [3.63, 3.8) is 0 Å². The van der Waals surface area contributed by atoms with Crippen LogP contribution in [0.4, 0.5) is 0 Å². The third kappa shape index (κ3) is 3.16. The van der Waals surface area contributed by atoms with E-state index in [0.29, 0.717) is 18.7 Å². The topological polar surface area (TPSA) is 83.6 Å². The molecule has 1 aromatic carbocycles. The van der Waals surface area contributed by atoms with Gasteiger partial charge in [0, 0.05) is 12.0 Å². The maximum atomic E-state index is 12.7. The molecule has 2 heterocycles. The fraction of sp³-hybridized carbons (Fsp3) is 0.421. The summed E-state index contributed by atoms with van der Waals surface area (Å²) in [5.41, 5.74) is 3.44. The zero-order valence-corrected chi connectivity index (χ0v) is 14.7. The van der Waals surface area contributed by atoms with E-state index in [4.69, 9.17) is 4.52 Å². The lowest BCUT2D eigenvalue weighted by atomic mass is 9.82. The molecule has 3 rings (SSSR count). The molecule has 0 bridgehead atoms. The van der Waals surface area contributed by atoms with E-state index in [1.165, 1.54) is 0 Å². The Morgan fingerprint density at radius 3 is 2.64 bits per heavy atom. The Morgan fingerprint density at radius 2 is 2.04 bits per heavy atom. The number of amides is 1. The largest absolute Gasteiger partial charge is 0.481 e. The van der Waals surface area contributed by atoms with Crippen LogP contribution in [0.2, 0.25) is 0 Å². The summed E-state index contributed by atoms with van der Waals surface area (Å²) in [5.74, 6) is -0.874. The lowest BCUT2D eigenvalue weighted by Gasteiger charge is -2.40. The van der Waals surface area contributed by atoms with Gasteiger partial charge >= 0.3 is 5.97 Å². The molecular formula is C19H22N2O4. The van der Waals surface area contributed by atoms with Gasteiger partial charge in [0.1, 0.15) is 5.76 Å². The van der Waals surface area contributed by atoms with Gasteiger partial charge in [0.2, 0.25) is 5.91 Å². The first-order chi connectivity index (χ1) is 11.9. The zero-order valence-electron chi connectivity index (χ0n) is 14.7. The molecule has 1 N–H and O–H groups in total. The van der Waals surface area contributed by atoms with Crippen LogP contribution in [0.5, 0.6) is 0 Å². The maximum Gasteiger partial charge on any atom is 0.308 e. The smallest absolute Gasteiger partial charge is 0.308 e. The third-order valence-electron chi connectivity index (χ3n) is 5.04. The van der Waals surface area contributed by atoms with Gasteiger partial charge < -0.3 is 14.5 Å². The Balaban J connectivity index is 2.06. The molecule has 6 nitrogen and oxygen atoms in total. The van der Waals surface area contributed by atoms with Crippen LogP contribution >= 0.6 is 0 Å². The SMILES string of the molecule is Cc1ccccc1[C@H]1[C@@H](C(=O)O)CCC(=O)N1Cc1c(C)noc1C. The van der Waals surface area contributed by atoms with Crippen molar-refractivity contribution >= 4 is 11.9 Å². The summed E-state index contributed by atoms with van der Waals surface area (Å²) in [4.78, 5) is 26.2. The minimum absolute atomic E-state index is 0.0363. The number of carbonyl (C=O) groups is 2. The van der Waals surface area contributed by atoms with Gasteiger partial charge in [-0.2, -0.15) is 0 Å². The first-order valence-corrected chi connectivity index (χ1v) is 8.39. The molecular weight excluding hydrogens is 320 g/mol. The van der Waals surface area contributed by atoms with Gasteiger partial charge in [-0.25, -0.2) is 0 Å². The van der Waals surface area contributed by atoms with Crippen molar-refractivity contribution < 1.29 is 19.2 Å². The molecule has 0 radical (unpaired) electrons. The minimum atomic E-state index is -0.871. The fourth-order valence-corrected chi connectivity index (χ4v) is 3.60. The van der Waals surface area contributed by atoms with Gasteiger partial charge in [-0.1, -0.05) is 29.4 Å². The monoisotopic (exact) mass is 342 g/mol. The molecule has 0 aliphatic carbocycles. The summed E-state index contributed by atoms with van der Waals surface area (Å²) in [6, 6.07) is 7.16. The molecule has 0 saturated carbocycles. The molecule has 1 amide bonds. The Morgan fingerprint density at radius 1 is 1.32 bits per heavy atom. The van der Waals surface area contributed by atoms with Crippen molar-refractivity contribution in [2.45, 2.75) is 46.2 Å². The number of rotatable bonds is 4. The van der Waals surface area contributed by atoms with E-state index in [1.807, 2.05) is 38.1 Å². The van der Waals surface area contributed by atoms with E-state index in [0.717, 1.165) is 22.4 Å². The zero-order chi connectivity index (χ0) is 18.1. The van der Waals surface area contributed by atoms with Gasteiger partial charge in [-0.3, -0.25) is 9.59 Å². The van der Waals surface area contributed by atoms with Crippen molar-refractivity contribution in [1.82, 2.24) is 10.1 Å². The molecule has 6 heteroatoms. The van der Waals surface area contributed by atoms with Crippen LogP contribution in [0.3, 0.4) is 0 Å². The number of hydrogen-bond acceptors (Lipinski definition) is 4. The summed E-state index contributed by atoms with van der Waals surface area (Å²) in [6.45, 7) is 5.89. The quantitative estimate of drug-likeness (QED) is 0.923. The highest BCUT2D eigenvalue weighted by molar-refractivity contribution is 5.82. The third-order valence-corrected chi connectivity index (χ3v) is 5.04. The second kappa shape index (κ2) is 6.70. The number of nitrogens with zero attached hydrogens (tertiary/aromatic N) is 2. The van der Waals surface area contributed by atoms with Crippen LogP contribution in [0.25, 0.3) is 0 Å². The van der Waals surface area contributed by atoms with E-state index in [2.05, 4.69) is 5.16 Å². The number of aromatic nitrogens is 1. The summed E-state index contributed by atoms with van der Waals surface area (Å²) in [6.07, 6.45) is 0.591. The molecule has 132 valence electrons. The van der Waals surface area contributed by atoms with E-state index in [-0.39, 0.29) is 12.3 Å². The summed E-state index contributed by atoms with van der Waals surface area (Å²) < 4.78 is 5.21. The normalized spacial score (nSPS) is 20.8. The number of hydrogen-bond donors (Lipinski definition) is 1. The minimum Gasteiger partial charge on any atom is -0.481 e. The summed E-state index contributed by atoms with van der Waals surface area (Å²) in [7, 11) is 0. The molecule has 1 aliphatic heterocycles. The van der Waals surface area contributed by atoms with Crippen LogP contribution < -0.4 is 0 Å². The number of likely N-dealkylation sites (tertiary alicyclic amines) is 1. The van der Waals surface area contributed by atoms with Crippen LogP contribution in [0, 0.1) is 26.7 Å². The molecule has 1 aromatic heterocycles. The highest BCUT2D eigenvalue weighted by atomic mass is 16.5. The molecule has 25 heavy (non-hydrogen) atoms. The molecule has 2 atom stereocenters. The number of carboxylic acids is 1. The highest BCUT2D eigenvalue weighted by Crippen LogP contribution is 2.39. The predicted octanol–water partition coefficient (Wildman–Crippen LogP) is 3.16. The molecule has 1 aliphatic rings. The van der Waals surface area contributed by atoms with Crippen molar-refractivity contribution in [1.29, 1.82) is 0 Å². The Bertz CT molecular complexity index is 792. The van der Waals surface area contributed by atoms with Gasteiger partial charge in [-0.05, 0) is 38.3 Å². The Labute approximate surface area is 146 Å². The van der Waals surface area contributed by atoms with Crippen molar-refractivity contribution in [2.24, 2.45) is 5.92 Å². The van der Waals surface area contributed by atoms with Crippen molar-refractivity contribution in [3.05, 3.63) is 52.4 Å². The standard InChI is InChI=1S/C19H22N2O4/c1-11-6-4-5-7-14(11)18-15(19(23)24)8-9-17(22)21(18)10-16-12(2)20-25-13(16)3/h4-7,15,18H,8-10H2,1-3H3,(H,23,24)/t15-,18-/m0/s1. The molecule has 0 spiro atoms. The number of benzene rings is 1. The summed E-state index contributed by atoms with van der Waals surface area (Å²) >= 11 is 0. The summed E-state index contributed by atoms with van der Waals surface area (Å²) in [5, 5.41) is 13.7. The van der Waals surface area contributed by atoms with Crippen molar-refractivity contribution in [3.8, 4) is 0 Å². The van der Waals surface area contributed by atoms with Crippen LogP contribution in [-0.4, -0.2) is 27.0 Å². The second-order valence-corrected chi connectivity index (χ2v) is 6.61. The molecule has 1 saturated heterocycles. The molecule has 2 aromatic rings. The van der Waals surface area contributed by atoms with Gasteiger partial charge in [0.25, 0.3) is 0 Å². The number of aryl methyl sites for hydroxylation is 3. The van der Waals surface area contributed by atoms with Gasteiger partial charge in [0.15, 0.2) is 0 Å². The first kappa shape index (κ1) is 17.2. The lowest BCUT2D eigenvalue weighted by Crippen LogP contribution is -2.45. The fourth-order valence-electron chi connectivity index (χ4n) is 3.60. The molecule has 1 fully saturated rings. The Hall–Kier alpha value is -2.63. The number of piperidine rings is 1. The lowest BCUT2D eigenvalue weighted by molar-refractivity contribution is -0.152. The molecule has 0 unspecified atom stereocenters. The van der Waals surface area contributed by atoms with E-state index < -0.39 is 17.9 Å². The Kier molecular flexibility index (Phi) is 4.61. The van der Waals surface area contributed by atoms with E-state index in [9.17, 15) is 14.7 Å². The second-order valence-electron chi connectivity index (χ2n) is 6.61. The van der Waals surface area contributed by atoms with Gasteiger partial charge in [0.05, 0.1) is 24.2 Å². The van der Waals surface area contributed by atoms with Crippen LogP contribution in [-0.2, 0) is 16.1 Å². The number of carbonyl (C=O) groups excluding carboxylic acids is 1. The van der Waals surface area contributed by atoms with Crippen molar-refractivity contribution in [2.75, 3.05) is 0 Å². The van der Waals surface area contributed by atoms with E-state index in [1.54, 1.807) is 11.8 Å². The average molecular weight is 342 g/mol. The number of aliphatic carboxylic acids is 1. The highest BCUT2D eigenvalue weighted by Gasteiger charge is 2.41. The van der Waals surface area contributed by atoms with Crippen LogP contribution in [0.15, 0.2) is 28.8 Å². The number of carboxylic acid groups (broad SMARTS) is 1. The maximum absolute atomic E-state index is 12.7. The van der Waals surface area contributed by atoms with Gasteiger partial charge in [-0.15, -0.1) is 0 Å². The first-order valence-electron chi connectivity index (χ1n) is 8.39. The van der Waals surface area contributed by atoms with E-state index >= 15 is 0 Å². The van der Waals surface area contributed by atoms with Crippen LogP contribution in [0.1, 0.15) is 47.0 Å².